The Bertz CT molecular complexity index is 720. The number of cyclic esters (lactones) is 1. The number of carbonyl (C=O) groups is 1. The van der Waals surface area contributed by atoms with Gasteiger partial charge in [0.1, 0.15) is 28.9 Å². The minimum atomic E-state index is -0.562. The number of aromatic hydroxyl groups is 2. The van der Waals surface area contributed by atoms with Crippen LogP contribution in [-0.4, -0.2) is 29.4 Å². The highest BCUT2D eigenvalue weighted by Crippen LogP contribution is 2.41. The van der Waals surface area contributed by atoms with Gasteiger partial charge in [0.25, 0.3) is 0 Å². The van der Waals surface area contributed by atoms with Crippen LogP contribution in [0.5, 0.6) is 17.2 Å². The third-order valence-electron chi connectivity index (χ3n) is 3.50. The van der Waals surface area contributed by atoms with Gasteiger partial charge in [-0.15, -0.1) is 0 Å². The van der Waals surface area contributed by atoms with Crippen LogP contribution < -0.4 is 4.74 Å². The quantitative estimate of drug-likeness (QED) is 0.617. The Hall–Kier alpha value is -2.43. The molecule has 3 rings (SSSR count). The first kappa shape index (κ1) is 12.6. The summed E-state index contributed by atoms with van der Waals surface area (Å²) in [5.74, 6) is -0.449. The van der Waals surface area contributed by atoms with Crippen LogP contribution in [0.25, 0.3) is 10.8 Å². The van der Waals surface area contributed by atoms with E-state index in [1.165, 1.54) is 13.2 Å². The van der Waals surface area contributed by atoms with Crippen LogP contribution in [0.15, 0.2) is 18.2 Å². The average Bonchev–Trinajstić information content (AvgIpc) is 2.36. The highest BCUT2D eigenvalue weighted by Gasteiger charge is 2.29. The fourth-order valence-corrected chi connectivity index (χ4v) is 2.63. The van der Waals surface area contributed by atoms with E-state index in [1.54, 1.807) is 19.1 Å². The van der Waals surface area contributed by atoms with Crippen LogP contribution in [0.4, 0.5) is 0 Å². The standard InChI is InChI=1S/C15H14O5/c1-7-3-8-4-9-5-10(19-2)6-11(16)12(9)14(17)13(8)15(18)20-7/h4-7,16-17H,3H2,1-2H3/t7-/m1/s1/i2+1. The van der Waals surface area contributed by atoms with E-state index >= 15 is 0 Å². The second-order valence-corrected chi connectivity index (χ2v) is 4.92. The molecule has 1 heterocycles. The molecule has 2 aromatic carbocycles. The Kier molecular flexibility index (Phi) is 2.71. The van der Waals surface area contributed by atoms with Crippen molar-refractivity contribution in [1.29, 1.82) is 0 Å². The van der Waals surface area contributed by atoms with E-state index in [4.69, 9.17) is 9.47 Å². The predicted molar refractivity (Wildman–Crippen MR) is 72.4 cm³/mol. The molecule has 0 fully saturated rings. The fraction of sp³-hybridized carbons (Fsp3) is 0.267. The molecule has 2 aromatic rings. The molecule has 1 aliphatic heterocycles. The molecule has 1 aliphatic rings. The number of phenols is 2. The topological polar surface area (TPSA) is 76.0 Å². The lowest BCUT2D eigenvalue weighted by Crippen LogP contribution is -2.25. The predicted octanol–water partition coefficient (Wildman–Crippen LogP) is 2.36. The van der Waals surface area contributed by atoms with Crippen LogP contribution in [-0.2, 0) is 11.2 Å². The molecule has 0 aliphatic carbocycles. The van der Waals surface area contributed by atoms with Crippen molar-refractivity contribution in [3.8, 4) is 17.2 Å². The summed E-state index contributed by atoms with van der Waals surface area (Å²) in [6.45, 7) is 1.80. The molecule has 0 saturated carbocycles. The van der Waals surface area contributed by atoms with Crippen molar-refractivity contribution >= 4 is 16.7 Å². The molecule has 104 valence electrons. The molecular weight excluding hydrogens is 261 g/mol. The lowest BCUT2D eigenvalue weighted by molar-refractivity contribution is 0.0298. The lowest BCUT2D eigenvalue weighted by Gasteiger charge is -2.23. The monoisotopic (exact) mass is 275 g/mol. The number of phenolic OH excluding ortho intramolecular Hbond substituents is 2. The van der Waals surface area contributed by atoms with E-state index in [9.17, 15) is 15.0 Å². The Morgan fingerprint density at radius 1 is 1.30 bits per heavy atom. The molecule has 0 unspecified atom stereocenters. The van der Waals surface area contributed by atoms with Gasteiger partial charge in [0.15, 0.2) is 0 Å². The van der Waals surface area contributed by atoms with Crippen molar-refractivity contribution in [2.24, 2.45) is 0 Å². The number of esters is 1. The van der Waals surface area contributed by atoms with E-state index < -0.39 is 5.97 Å². The maximum Gasteiger partial charge on any atom is 0.342 e. The van der Waals surface area contributed by atoms with Crippen molar-refractivity contribution in [2.45, 2.75) is 19.4 Å². The van der Waals surface area contributed by atoms with E-state index in [0.29, 0.717) is 23.1 Å². The van der Waals surface area contributed by atoms with Gasteiger partial charge < -0.3 is 19.7 Å². The van der Waals surface area contributed by atoms with Crippen LogP contribution in [0.2, 0.25) is 0 Å². The third-order valence-corrected chi connectivity index (χ3v) is 3.50. The highest BCUT2D eigenvalue weighted by atomic mass is 16.5. The maximum atomic E-state index is 11.9. The zero-order valence-corrected chi connectivity index (χ0v) is 11.1. The highest BCUT2D eigenvalue weighted by molar-refractivity contribution is 6.05. The van der Waals surface area contributed by atoms with E-state index in [0.717, 1.165) is 0 Å². The van der Waals surface area contributed by atoms with Crippen LogP contribution >= 0.6 is 0 Å². The largest absolute Gasteiger partial charge is 0.507 e. The number of benzene rings is 2. The second kappa shape index (κ2) is 4.30. The van der Waals surface area contributed by atoms with Gasteiger partial charge in [-0.1, -0.05) is 0 Å². The molecule has 5 heteroatoms. The van der Waals surface area contributed by atoms with Gasteiger partial charge in [-0.25, -0.2) is 4.79 Å². The van der Waals surface area contributed by atoms with Gasteiger partial charge in [-0.05, 0) is 30.0 Å². The number of carbonyl (C=O) groups excluding carboxylic acids is 1. The number of hydrogen-bond donors (Lipinski definition) is 2. The summed E-state index contributed by atoms with van der Waals surface area (Å²) < 4.78 is 10.2. The van der Waals surface area contributed by atoms with Crippen LogP contribution in [0.3, 0.4) is 0 Å². The smallest absolute Gasteiger partial charge is 0.342 e. The van der Waals surface area contributed by atoms with Crippen molar-refractivity contribution < 1.29 is 24.5 Å². The average molecular weight is 275 g/mol. The molecule has 0 spiro atoms. The molecule has 0 aromatic heterocycles. The first-order chi connectivity index (χ1) is 9.51. The lowest BCUT2D eigenvalue weighted by atomic mass is 9.93. The number of hydrogen-bond acceptors (Lipinski definition) is 5. The van der Waals surface area contributed by atoms with Gasteiger partial charge in [0, 0.05) is 12.5 Å². The Balaban J connectivity index is 2.36. The summed E-state index contributed by atoms with van der Waals surface area (Å²) in [4.78, 5) is 11.9. The SMILES string of the molecule is C[C@@H]1Cc2cc3cc(O[13CH3])cc(O)c3c(O)c2C(=O)O1. The zero-order valence-electron chi connectivity index (χ0n) is 11.1. The van der Waals surface area contributed by atoms with Gasteiger partial charge in [-0.2, -0.15) is 0 Å². The van der Waals surface area contributed by atoms with Crippen molar-refractivity contribution in [2.75, 3.05) is 7.11 Å². The molecule has 0 radical (unpaired) electrons. The molecule has 2 N–H and O–H groups in total. The first-order valence-corrected chi connectivity index (χ1v) is 6.27. The minimum absolute atomic E-state index is 0.133. The molecular formula is C15H14O5. The Labute approximate surface area is 115 Å². The number of fused-ring (bicyclic) bond motifs is 2. The van der Waals surface area contributed by atoms with Crippen LogP contribution in [0.1, 0.15) is 22.8 Å². The summed E-state index contributed by atoms with van der Waals surface area (Å²) in [7, 11) is 1.50. The number of ether oxygens (including phenoxy) is 2. The van der Waals surface area contributed by atoms with E-state index in [1.807, 2.05) is 0 Å². The van der Waals surface area contributed by atoms with Gasteiger partial charge in [-0.3, -0.25) is 0 Å². The van der Waals surface area contributed by atoms with Gasteiger partial charge in [0.2, 0.25) is 0 Å². The van der Waals surface area contributed by atoms with Crippen LogP contribution in [0, 0.1) is 0 Å². The minimum Gasteiger partial charge on any atom is -0.507 e. The summed E-state index contributed by atoms with van der Waals surface area (Å²) in [5.41, 5.74) is 0.850. The molecule has 0 bridgehead atoms. The zero-order chi connectivity index (χ0) is 14.4. The summed E-state index contributed by atoms with van der Waals surface area (Å²) in [6, 6.07) is 4.88. The fourth-order valence-electron chi connectivity index (χ4n) is 2.63. The number of methoxy groups -OCH3 is 1. The first-order valence-electron chi connectivity index (χ1n) is 6.27. The maximum absolute atomic E-state index is 11.9. The number of rotatable bonds is 1. The Morgan fingerprint density at radius 2 is 2.05 bits per heavy atom. The Morgan fingerprint density at radius 3 is 2.75 bits per heavy atom. The van der Waals surface area contributed by atoms with Gasteiger partial charge in [0.05, 0.1) is 12.5 Å². The molecule has 0 amide bonds. The molecule has 1 atom stereocenters. The van der Waals surface area contributed by atoms with Crippen molar-refractivity contribution in [1.82, 2.24) is 0 Å². The second-order valence-electron chi connectivity index (χ2n) is 4.92. The molecule has 20 heavy (non-hydrogen) atoms. The summed E-state index contributed by atoms with van der Waals surface area (Å²) in [5, 5.41) is 21.2. The van der Waals surface area contributed by atoms with Crippen molar-refractivity contribution in [3.05, 3.63) is 29.3 Å². The molecule has 0 saturated heterocycles. The summed E-state index contributed by atoms with van der Waals surface area (Å²) >= 11 is 0. The van der Waals surface area contributed by atoms with Crippen molar-refractivity contribution in [3.63, 3.8) is 0 Å². The molecule has 5 nitrogen and oxygen atoms in total. The summed E-state index contributed by atoms with van der Waals surface area (Å²) in [6.07, 6.45) is 0.300. The van der Waals surface area contributed by atoms with E-state index in [2.05, 4.69) is 0 Å². The van der Waals surface area contributed by atoms with E-state index in [-0.39, 0.29) is 28.6 Å². The van der Waals surface area contributed by atoms with Gasteiger partial charge >= 0.3 is 5.97 Å². The normalized spacial score (nSPS) is 17.7. The third kappa shape index (κ3) is 1.74.